The molecule has 1 aliphatic heterocycles. The van der Waals surface area contributed by atoms with E-state index in [0.717, 1.165) is 30.7 Å². The first-order chi connectivity index (χ1) is 13.9. The van der Waals surface area contributed by atoms with Crippen LogP contribution < -0.4 is 5.32 Å². The SMILES string of the molecule is Cc1cnc(C2CCN(C(=O)c3c(C)oc4ncnc(NC5(C)CC5)c34)C2)nc1. The van der Waals surface area contributed by atoms with Gasteiger partial charge in [-0.1, -0.05) is 0 Å². The molecule has 8 heteroatoms. The molecular formula is C21H24N6O2. The van der Waals surface area contributed by atoms with Crippen molar-refractivity contribution in [2.24, 2.45) is 0 Å². The zero-order valence-corrected chi connectivity index (χ0v) is 16.9. The predicted molar refractivity (Wildman–Crippen MR) is 108 cm³/mol. The van der Waals surface area contributed by atoms with E-state index in [2.05, 4.69) is 32.2 Å². The molecule has 29 heavy (non-hydrogen) atoms. The highest BCUT2D eigenvalue weighted by Gasteiger charge is 2.39. The van der Waals surface area contributed by atoms with E-state index >= 15 is 0 Å². The van der Waals surface area contributed by atoms with Gasteiger partial charge >= 0.3 is 0 Å². The molecule has 3 aromatic heterocycles. The maximum atomic E-state index is 13.4. The van der Waals surface area contributed by atoms with Gasteiger partial charge in [-0.3, -0.25) is 4.79 Å². The van der Waals surface area contributed by atoms with Crippen molar-refractivity contribution in [1.29, 1.82) is 0 Å². The third-order valence-corrected chi connectivity index (χ3v) is 5.94. The third kappa shape index (κ3) is 3.22. The summed E-state index contributed by atoms with van der Waals surface area (Å²) >= 11 is 0. The Labute approximate surface area is 168 Å². The summed E-state index contributed by atoms with van der Waals surface area (Å²) in [6, 6.07) is 0. The molecule has 0 radical (unpaired) electrons. The van der Waals surface area contributed by atoms with E-state index in [1.165, 1.54) is 6.33 Å². The summed E-state index contributed by atoms with van der Waals surface area (Å²) in [5, 5.41) is 4.15. The molecule has 3 aromatic rings. The van der Waals surface area contributed by atoms with Crippen LogP contribution in [0.1, 0.15) is 59.6 Å². The van der Waals surface area contributed by atoms with Crippen molar-refractivity contribution in [3.63, 3.8) is 0 Å². The third-order valence-electron chi connectivity index (χ3n) is 5.94. The smallest absolute Gasteiger partial charge is 0.258 e. The van der Waals surface area contributed by atoms with Crippen molar-refractivity contribution < 1.29 is 9.21 Å². The number of carbonyl (C=O) groups excluding carboxylic acids is 1. The van der Waals surface area contributed by atoms with Crippen LogP contribution in [-0.4, -0.2) is 49.4 Å². The maximum Gasteiger partial charge on any atom is 0.258 e. The first-order valence-electron chi connectivity index (χ1n) is 10.0. The van der Waals surface area contributed by atoms with Crippen molar-refractivity contribution in [3.8, 4) is 0 Å². The molecule has 2 aliphatic rings. The molecule has 4 heterocycles. The Hall–Kier alpha value is -3.03. The summed E-state index contributed by atoms with van der Waals surface area (Å²) < 4.78 is 5.82. The number of hydrogen-bond donors (Lipinski definition) is 1. The molecule has 1 saturated carbocycles. The van der Waals surface area contributed by atoms with Gasteiger partial charge in [-0.15, -0.1) is 0 Å². The van der Waals surface area contributed by atoms with Gasteiger partial charge in [-0.25, -0.2) is 19.9 Å². The van der Waals surface area contributed by atoms with Crippen LogP contribution in [0, 0.1) is 13.8 Å². The number of amides is 1. The predicted octanol–water partition coefficient (Wildman–Crippen LogP) is 3.22. The van der Waals surface area contributed by atoms with E-state index in [1.54, 1.807) is 0 Å². The van der Waals surface area contributed by atoms with Crippen molar-refractivity contribution in [2.75, 3.05) is 18.4 Å². The van der Waals surface area contributed by atoms with Crippen LogP contribution in [0.3, 0.4) is 0 Å². The zero-order chi connectivity index (χ0) is 20.2. The van der Waals surface area contributed by atoms with Gasteiger partial charge in [0, 0.05) is 36.9 Å². The van der Waals surface area contributed by atoms with Gasteiger partial charge in [-0.2, -0.15) is 0 Å². The molecule has 1 unspecified atom stereocenters. The molecule has 1 saturated heterocycles. The molecule has 2 fully saturated rings. The van der Waals surface area contributed by atoms with E-state index < -0.39 is 0 Å². The van der Waals surface area contributed by atoms with Gasteiger partial charge in [0.05, 0.1) is 10.9 Å². The second-order valence-corrected chi connectivity index (χ2v) is 8.48. The number of hydrogen-bond acceptors (Lipinski definition) is 7. The minimum absolute atomic E-state index is 0.0360. The van der Waals surface area contributed by atoms with Gasteiger partial charge < -0.3 is 14.6 Å². The van der Waals surface area contributed by atoms with Crippen molar-refractivity contribution in [2.45, 2.75) is 51.5 Å². The Bertz CT molecular complexity index is 1090. The van der Waals surface area contributed by atoms with Crippen LogP contribution in [0.25, 0.3) is 11.1 Å². The number of nitrogens with one attached hydrogen (secondary N) is 1. The molecule has 8 nitrogen and oxygen atoms in total. The number of furan rings is 1. The summed E-state index contributed by atoms with van der Waals surface area (Å²) in [6.07, 6.45) is 8.16. The zero-order valence-electron chi connectivity index (χ0n) is 16.9. The Morgan fingerprint density at radius 1 is 1.21 bits per heavy atom. The van der Waals surface area contributed by atoms with Crippen LogP contribution in [0.4, 0.5) is 5.82 Å². The largest absolute Gasteiger partial charge is 0.442 e. The summed E-state index contributed by atoms with van der Waals surface area (Å²) in [4.78, 5) is 32.9. The van der Waals surface area contributed by atoms with Gasteiger partial charge in [-0.05, 0) is 45.6 Å². The Kier molecular flexibility index (Phi) is 4.04. The van der Waals surface area contributed by atoms with Crippen LogP contribution in [0.2, 0.25) is 0 Å². The Morgan fingerprint density at radius 3 is 2.69 bits per heavy atom. The fourth-order valence-corrected chi connectivity index (χ4v) is 3.92. The molecular weight excluding hydrogens is 368 g/mol. The van der Waals surface area contributed by atoms with Gasteiger partial charge in [0.1, 0.15) is 23.7 Å². The topological polar surface area (TPSA) is 97.0 Å². The number of rotatable bonds is 4. The molecule has 1 aliphatic carbocycles. The van der Waals surface area contributed by atoms with Crippen molar-refractivity contribution in [3.05, 3.63) is 41.4 Å². The number of carbonyl (C=O) groups is 1. The van der Waals surface area contributed by atoms with Crippen LogP contribution in [0.15, 0.2) is 23.1 Å². The van der Waals surface area contributed by atoms with E-state index in [9.17, 15) is 4.79 Å². The quantitative estimate of drug-likeness (QED) is 0.728. The van der Waals surface area contributed by atoms with E-state index in [1.807, 2.05) is 31.1 Å². The van der Waals surface area contributed by atoms with E-state index in [-0.39, 0.29) is 17.4 Å². The molecule has 0 spiro atoms. The lowest BCUT2D eigenvalue weighted by atomic mass is 10.1. The van der Waals surface area contributed by atoms with Gasteiger partial charge in [0.2, 0.25) is 5.71 Å². The minimum Gasteiger partial charge on any atom is -0.442 e. The van der Waals surface area contributed by atoms with Crippen molar-refractivity contribution in [1.82, 2.24) is 24.8 Å². The minimum atomic E-state index is -0.0466. The molecule has 0 bridgehead atoms. The monoisotopic (exact) mass is 392 g/mol. The highest BCUT2D eigenvalue weighted by Crippen LogP contribution is 2.40. The standard InChI is InChI=1S/C21H24N6O2/c1-12-8-22-17(23-9-12)14-4-7-27(10-14)20(28)15-13(2)29-19-16(15)18(24-11-25-19)26-21(3)5-6-21/h8-9,11,14H,4-7,10H2,1-3H3,(H,24,25,26). The summed E-state index contributed by atoms with van der Waals surface area (Å²) in [7, 11) is 0. The number of nitrogens with zero attached hydrogens (tertiary/aromatic N) is 5. The van der Waals surface area contributed by atoms with Gasteiger partial charge in [0.15, 0.2) is 0 Å². The molecule has 150 valence electrons. The van der Waals surface area contributed by atoms with Crippen LogP contribution >= 0.6 is 0 Å². The normalized spacial score (nSPS) is 20.2. The molecule has 0 aromatic carbocycles. The molecule has 1 amide bonds. The fraction of sp³-hybridized carbons (Fsp3) is 0.476. The van der Waals surface area contributed by atoms with E-state index in [4.69, 9.17) is 4.42 Å². The lowest BCUT2D eigenvalue weighted by Gasteiger charge is -2.17. The molecule has 1 N–H and O–H groups in total. The second-order valence-electron chi connectivity index (χ2n) is 8.48. The highest BCUT2D eigenvalue weighted by molar-refractivity contribution is 6.10. The first kappa shape index (κ1) is 18.0. The number of aryl methyl sites for hydroxylation is 2. The fourth-order valence-electron chi connectivity index (χ4n) is 3.92. The maximum absolute atomic E-state index is 13.4. The Balaban J connectivity index is 1.45. The first-order valence-corrected chi connectivity index (χ1v) is 10.0. The molecule has 1 atom stereocenters. The lowest BCUT2D eigenvalue weighted by molar-refractivity contribution is 0.0790. The van der Waals surface area contributed by atoms with Crippen LogP contribution in [0.5, 0.6) is 0 Å². The summed E-state index contributed by atoms with van der Waals surface area (Å²) in [5.41, 5.74) is 2.07. The lowest BCUT2D eigenvalue weighted by Crippen LogP contribution is -2.29. The Morgan fingerprint density at radius 2 is 1.97 bits per heavy atom. The number of likely N-dealkylation sites (tertiary alicyclic amines) is 1. The number of fused-ring (bicyclic) bond motifs is 1. The van der Waals surface area contributed by atoms with Gasteiger partial charge in [0.25, 0.3) is 5.91 Å². The van der Waals surface area contributed by atoms with Crippen molar-refractivity contribution >= 4 is 22.8 Å². The highest BCUT2D eigenvalue weighted by atomic mass is 16.3. The average molecular weight is 392 g/mol. The summed E-state index contributed by atoms with van der Waals surface area (Å²) in [5.74, 6) is 2.15. The summed E-state index contributed by atoms with van der Waals surface area (Å²) in [6.45, 7) is 7.20. The molecule has 5 rings (SSSR count). The van der Waals surface area contributed by atoms with Crippen LogP contribution in [-0.2, 0) is 0 Å². The average Bonchev–Trinajstić information content (AvgIpc) is 3.11. The number of anilines is 1. The second kappa shape index (κ2) is 6.50. The van der Waals surface area contributed by atoms with E-state index in [0.29, 0.717) is 41.3 Å². The number of aromatic nitrogens is 4.